The quantitative estimate of drug-likeness (QED) is 0.329. The summed E-state index contributed by atoms with van der Waals surface area (Å²) in [6.07, 6.45) is -10.2. The van der Waals surface area contributed by atoms with E-state index < -0.39 is 54.6 Å². The summed E-state index contributed by atoms with van der Waals surface area (Å²) in [6, 6.07) is 14.3. The molecule has 0 spiro atoms. The van der Waals surface area contributed by atoms with Crippen molar-refractivity contribution in [1.82, 2.24) is 0 Å². The molecule has 0 radical (unpaired) electrons. The molecule has 0 aromatic heterocycles. The Morgan fingerprint density at radius 2 is 1.54 bits per heavy atom. The van der Waals surface area contributed by atoms with Crippen LogP contribution in [0.4, 0.5) is 22.0 Å². The molecule has 3 rings (SSSR count). The number of ether oxygens (including phenoxy) is 1. The molecule has 35 heavy (non-hydrogen) atoms. The monoisotopic (exact) mass is 540 g/mol. The molecule has 1 aliphatic rings. The van der Waals surface area contributed by atoms with Crippen molar-refractivity contribution in [3.8, 4) is 0 Å². The number of hydrogen-bond acceptors (Lipinski definition) is 6. The Morgan fingerprint density at radius 3 is 2.06 bits per heavy atom. The van der Waals surface area contributed by atoms with E-state index >= 15 is 0 Å². The Labute approximate surface area is 200 Å². The first-order valence-electron chi connectivity index (χ1n) is 10.3. The van der Waals surface area contributed by atoms with Gasteiger partial charge in [-0.25, -0.2) is 8.42 Å². The molecule has 2 unspecified atom stereocenters. The van der Waals surface area contributed by atoms with Gasteiger partial charge in [-0.15, -0.1) is 0 Å². The van der Waals surface area contributed by atoms with Crippen LogP contribution in [-0.4, -0.2) is 48.5 Å². The smallest absolute Gasteiger partial charge is 0.432 e. The first kappa shape index (κ1) is 27.1. The van der Waals surface area contributed by atoms with E-state index in [0.717, 1.165) is 12.1 Å². The summed E-state index contributed by atoms with van der Waals surface area (Å²) < 4.78 is 104. The zero-order chi connectivity index (χ0) is 25.9. The van der Waals surface area contributed by atoms with Gasteiger partial charge in [0.05, 0.1) is 5.56 Å². The van der Waals surface area contributed by atoms with E-state index in [1.807, 2.05) is 0 Å². The number of benzene rings is 2. The number of hydrogen-bond donors (Lipinski definition) is 0. The van der Waals surface area contributed by atoms with Gasteiger partial charge in [-0.3, -0.25) is 4.79 Å². The lowest BCUT2D eigenvalue weighted by molar-refractivity contribution is -0.247. The number of alkyl halides is 5. The molecule has 2 atom stereocenters. The van der Waals surface area contributed by atoms with Crippen molar-refractivity contribution in [2.24, 2.45) is 0 Å². The predicted molar refractivity (Wildman–Crippen MR) is 118 cm³/mol. The lowest BCUT2D eigenvalue weighted by atomic mass is 10.2. The minimum absolute atomic E-state index is 0.0920. The maximum absolute atomic E-state index is 14.9. The van der Waals surface area contributed by atoms with Crippen LogP contribution in [-0.2, 0) is 29.7 Å². The fourth-order valence-corrected chi connectivity index (χ4v) is 8.80. The molecule has 0 bridgehead atoms. The summed E-state index contributed by atoms with van der Waals surface area (Å²) in [5.41, 5.74) is 0.170. The van der Waals surface area contributed by atoms with Crippen LogP contribution < -0.4 is 0 Å². The highest BCUT2D eigenvalue weighted by molar-refractivity contribution is 8.44. The van der Waals surface area contributed by atoms with Gasteiger partial charge in [-0.05, 0) is 30.5 Å². The van der Waals surface area contributed by atoms with E-state index in [-0.39, 0.29) is 30.8 Å². The summed E-state index contributed by atoms with van der Waals surface area (Å²) in [7, 11) is -9.72. The summed E-state index contributed by atoms with van der Waals surface area (Å²) in [6.45, 7) is 0. The van der Waals surface area contributed by atoms with E-state index in [4.69, 9.17) is 3.63 Å². The lowest BCUT2D eigenvalue weighted by Crippen LogP contribution is -2.53. The van der Waals surface area contributed by atoms with Gasteiger partial charge in [0.25, 0.3) is 6.10 Å². The second kappa shape index (κ2) is 10.2. The lowest BCUT2D eigenvalue weighted by Gasteiger charge is -2.35. The van der Waals surface area contributed by atoms with Gasteiger partial charge in [0.2, 0.25) is 0 Å². The Balaban J connectivity index is 1.89. The predicted octanol–water partition coefficient (Wildman–Crippen LogP) is 5.00. The van der Waals surface area contributed by atoms with Crippen LogP contribution in [0.25, 0.3) is 0 Å². The standard InChI is InChI=1S/C22H21F5O6S2/c23-21(24,25)20(32-19(29)17-10-5-2-6-11-17)22(26,27)35(30,31)33-34(14-7-12-18(34)28)15-13-16-8-3-1-4-9-16/h1-6,8-11,20H,7,12-15H2. The second-order valence-electron chi connectivity index (χ2n) is 7.71. The van der Waals surface area contributed by atoms with Gasteiger partial charge in [-0.1, -0.05) is 58.8 Å². The van der Waals surface area contributed by atoms with Crippen molar-refractivity contribution in [1.29, 1.82) is 0 Å². The zero-order valence-corrected chi connectivity index (χ0v) is 19.7. The number of carbonyl (C=O) groups is 2. The first-order valence-corrected chi connectivity index (χ1v) is 13.6. The average Bonchev–Trinajstić information content (AvgIpc) is 3.15. The van der Waals surface area contributed by atoms with Crippen LogP contribution >= 0.6 is 10.3 Å². The molecule has 0 N–H and O–H groups in total. The van der Waals surface area contributed by atoms with Crippen molar-refractivity contribution >= 4 is 31.5 Å². The number of esters is 1. The molecular weight excluding hydrogens is 519 g/mol. The SMILES string of the molecule is O=C(OC(C(F)(F)F)C(F)(F)S(=O)(=O)OS1(CCc2ccccc2)CCCC1=O)c1ccccc1. The third-order valence-corrected chi connectivity index (χ3v) is 10.7. The van der Waals surface area contributed by atoms with Crippen LogP contribution in [0.2, 0.25) is 0 Å². The fraction of sp³-hybridized carbons (Fsp3) is 0.364. The number of halogens is 5. The van der Waals surface area contributed by atoms with Crippen molar-refractivity contribution in [3.05, 3.63) is 71.8 Å². The Hall–Kier alpha value is -2.51. The molecule has 2 aromatic carbocycles. The van der Waals surface area contributed by atoms with E-state index in [1.54, 1.807) is 30.3 Å². The van der Waals surface area contributed by atoms with Crippen LogP contribution in [0, 0.1) is 0 Å². The van der Waals surface area contributed by atoms with Gasteiger partial charge in [0, 0.05) is 17.9 Å². The summed E-state index contributed by atoms with van der Waals surface area (Å²) in [4.78, 5) is 24.6. The highest BCUT2D eigenvalue weighted by atomic mass is 32.3. The van der Waals surface area contributed by atoms with Crippen molar-refractivity contribution in [2.75, 3.05) is 11.5 Å². The average molecular weight is 541 g/mol. The normalized spacial score (nSPS) is 21.8. The molecule has 6 nitrogen and oxygen atoms in total. The maximum atomic E-state index is 14.9. The fourth-order valence-electron chi connectivity index (χ4n) is 3.42. The first-order chi connectivity index (χ1) is 16.3. The van der Waals surface area contributed by atoms with Crippen LogP contribution in [0.3, 0.4) is 0 Å². The Morgan fingerprint density at radius 1 is 0.971 bits per heavy atom. The van der Waals surface area contributed by atoms with Crippen LogP contribution in [0.1, 0.15) is 28.8 Å². The maximum Gasteiger partial charge on any atom is 0.432 e. The second-order valence-corrected chi connectivity index (χ2v) is 12.6. The number of carbonyl (C=O) groups excluding carboxylic acids is 2. The van der Waals surface area contributed by atoms with Gasteiger partial charge < -0.3 is 4.74 Å². The number of rotatable bonds is 9. The molecule has 0 saturated carbocycles. The molecule has 1 heterocycles. The van der Waals surface area contributed by atoms with E-state index in [0.29, 0.717) is 5.56 Å². The molecule has 13 heteroatoms. The summed E-state index contributed by atoms with van der Waals surface area (Å²) >= 11 is 0. The van der Waals surface area contributed by atoms with E-state index in [1.165, 1.54) is 18.2 Å². The highest BCUT2D eigenvalue weighted by Gasteiger charge is 2.68. The van der Waals surface area contributed by atoms with Gasteiger partial charge in [0.1, 0.15) is 0 Å². The highest BCUT2D eigenvalue weighted by Crippen LogP contribution is 2.59. The molecule has 0 aliphatic carbocycles. The van der Waals surface area contributed by atoms with Crippen LogP contribution in [0.15, 0.2) is 60.7 Å². The molecule has 1 saturated heterocycles. The third kappa shape index (κ3) is 6.01. The van der Waals surface area contributed by atoms with Gasteiger partial charge >= 0.3 is 27.5 Å². The molecule has 1 aliphatic heterocycles. The molecule has 1 fully saturated rings. The largest absolute Gasteiger partial charge is 0.441 e. The van der Waals surface area contributed by atoms with Gasteiger partial charge in [0.15, 0.2) is 5.12 Å². The molecule has 192 valence electrons. The third-order valence-electron chi connectivity index (χ3n) is 5.22. The number of aryl methyl sites for hydroxylation is 1. The van der Waals surface area contributed by atoms with Crippen molar-refractivity contribution < 1.29 is 48.3 Å². The molecule has 2 aromatic rings. The molecular formula is C22H21F5O6S2. The van der Waals surface area contributed by atoms with Crippen LogP contribution in [0.5, 0.6) is 0 Å². The minimum atomic E-state index is -6.36. The van der Waals surface area contributed by atoms with E-state index in [9.17, 15) is 40.0 Å². The molecule has 0 amide bonds. The Kier molecular flexibility index (Phi) is 7.92. The minimum Gasteiger partial charge on any atom is -0.441 e. The topological polar surface area (TPSA) is 86.7 Å². The zero-order valence-electron chi connectivity index (χ0n) is 18.0. The summed E-state index contributed by atoms with van der Waals surface area (Å²) in [5.74, 6) is -2.24. The van der Waals surface area contributed by atoms with Crippen molar-refractivity contribution in [2.45, 2.75) is 36.8 Å². The van der Waals surface area contributed by atoms with E-state index in [2.05, 4.69) is 4.74 Å². The van der Waals surface area contributed by atoms with Crippen molar-refractivity contribution in [3.63, 3.8) is 0 Å². The summed E-state index contributed by atoms with van der Waals surface area (Å²) in [5, 5.41) is -6.44. The van der Waals surface area contributed by atoms with Gasteiger partial charge in [-0.2, -0.15) is 30.4 Å². The Bertz CT molecular complexity index is 1160.